The second kappa shape index (κ2) is 10.8. The molecule has 36 heavy (non-hydrogen) atoms. The molecule has 0 unspecified atom stereocenters. The van der Waals surface area contributed by atoms with Crippen LogP contribution in [0.25, 0.3) is 0 Å². The lowest BCUT2D eigenvalue weighted by Gasteiger charge is -2.27. The van der Waals surface area contributed by atoms with Crippen molar-refractivity contribution < 1.29 is 22.0 Å². The average Bonchev–Trinajstić information content (AvgIpc) is 2.79. The number of carbonyl (C=O) groups excluding carboxylic acids is 1. The van der Waals surface area contributed by atoms with Crippen molar-refractivity contribution in [3.05, 3.63) is 89.5 Å². The molecule has 3 aromatic carbocycles. The first-order valence-corrected chi connectivity index (χ1v) is 13.2. The third kappa shape index (κ3) is 5.91. The van der Waals surface area contributed by atoms with Crippen molar-refractivity contribution in [2.24, 2.45) is 5.92 Å². The van der Waals surface area contributed by atoms with Crippen LogP contribution in [0.4, 0.5) is 20.2 Å². The molecule has 0 heterocycles. The minimum Gasteiger partial charge on any atom is -0.377 e. The number of carbonyl (C=O) groups is 1. The van der Waals surface area contributed by atoms with Gasteiger partial charge in [-0.3, -0.25) is 4.79 Å². The first kappa shape index (κ1) is 25.8. The summed E-state index contributed by atoms with van der Waals surface area (Å²) in [6.07, 6.45) is 2.79. The van der Waals surface area contributed by atoms with Crippen LogP contribution >= 0.6 is 0 Å². The number of hydrogen-bond donors (Lipinski definition) is 1. The Bertz CT molecular complexity index is 1320. The number of benzene rings is 3. The van der Waals surface area contributed by atoms with Crippen LogP contribution < -0.4 is 10.2 Å². The highest BCUT2D eigenvalue weighted by Crippen LogP contribution is 2.31. The molecule has 4 rings (SSSR count). The van der Waals surface area contributed by atoms with Crippen molar-refractivity contribution in [3.8, 4) is 0 Å². The lowest BCUT2D eigenvalue weighted by molar-refractivity contribution is -0.122. The molecule has 9 heteroatoms. The summed E-state index contributed by atoms with van der Waals surface area (Å²) in [7, 11) is -0.341. The Morgan fingerprint density at radius 2 is 1.53 bits per heavy atom. The van der Waals surface area contributed by atoms with Gasteiger partial charge in [-0.25, -0.2) is 17.2 Å². The molecular weight excluding hydrogens is 484 g/mol. The van der Waals surface area contributed by atoms with Crippen LogP contribution in [0.3, 0.4) is 0 Å². The summed E-state index contributed by atoms with van der Waals surface area (Å²) in [6.45, 7) is -0.0384. The van der Waals surface area contributed by atoms with Gasteiger partial charge in [-0.2, -0.15) is 4.31 Å². The first-order chi connectivity index (χ1) is 17.1. The number of halogens is 2. The fourth-order valence-electron chi connectivity index (χ4n) is 4.11. The van der Waals surface area contributed by atoms with Gasteiger partial charge in [0.2, 0.25) is 15.9 Å². The molecule has 0 aromatic heterocycles. The van der Waals surface area contributed by atoms with Crippen molar-refractivity contribution >= 4 is 27.3 Å². The average molecular weight is 514 g/mol. The zero-order valence-electron chi connectivity index (χ0n) is 20.2. The second-order valence-corrected chi connectivity index (χ2v) is 11.1. The summed E-state index contributed by atoms with van der Waals surface area (Å²) in [6, 6.07) is 15.7. The predicted molar refractivity (Wildman–Crippen MR) is 136 cm³/mol. The van der Waals surface area contributed by atoms with Crippen LogP contribution in [0.2, 0.25) is 0 Å². The predicted octanol–water partition coefficient (Wildman–Crippen LogP) is 5.16. The zero-order chi connectivity index (χ0) is 25.9. The number of hydrogen-bond acceptors (Lipinski definition) is 4. The largest absolute Gasteiger partial charge is 0.377 e. The first-order valence-electron chi connectivity index (χ1n) is 11.7. The fraction of sp³-hybridized carbons (Fsp3) is 0.296. The molecule has 190 valence electrons. The van der Waals surface area contributed by atoms with E-state index >= 15 is 0 Å². The van der Waals surface area contributed by atoms with Crippen molar-refractivity contribution in [2.45, 2.75) is 37.2 Å². The quantitative estimate of drug-likeness (QED) is 0.429. The normalized spacial score (nSPS) is 13.9. The highest BCUT2D eigenvalue weighted by Gasteiger charge is 2.28. The Morgan fingerprint density at radius 3 is 2.08 bits per heavy atom. The highest BCUT2D eigenvalue weighted by molar-refractivity contribution is 7.89. The third-order valence-electron chi connectivity index (χ3n) is 6.38. The van der Waals surface area contributed by atoms with Crippen LogP contribution in [0, 0.1) is 17.6 Å². The lowest BCUT2D eigenvalue weighted by atomic mass is 9.85. The molecule has 0 radical (unpaired) electrons. The number of nitrogens with zero attached hydrogens (tertiary/aromatic N) is 2. The van der Waals surface area contributed by atoms with Crippen molar-refractivity contribution in [3.63, 3.8) is 0 Å². The summed E-state index contributed by atoms with van der Waals surface area (Å²) in [4.78, 5) is 14.3. The van der Waals surface area contributed by atoms with Gasteiger partial charge < -0.3 is 10.2 Å². The molecule has 1 N–H and O–H groups in total. The molecule has 0 bridgehead atoms. The molecule has 0 atom stereocenters. The van der Waals surface area contributed by atoms with Gasteiger partial charge >= 0.3 is 0 Å². The standard InChI is InChI=1S/C27H29F2N3O3S/c1-31(2)26-15-12-24(30-27(33)20-4-3-5-20)16-21(26)18-32(17-19-6-8-22(28)9-7-19)36(34,35)25-13-10-23(29)11-14-25/h6-16,20H,3-5,17-18H2,1-2H3,(H,30,33). The van der Waals surface area contributed by atoms with Crippen molar-refractivity contribution in [1.82, 2.24) is 4.31 Å². The molecule has 1 fully saturated rings. The molecule has 3 aromatic rings. The van der Waals surface area contributed by atoms with E-state index in [9.17, 15) is 22.0 Å². The Hall–Kier alpha value is -3.30. The number of amides is 1. The minimum atomic E-state index is -4.04. The van der Waals surface area contributed by atoms with Crippen LogP contribution in [0.5, 0.6) is 0 Å². The maximum atomic E-state index is 13.6. The van der Waals surface area contributed by atoms with E-state index in [1.165, 1.54) is 40.7 Å². The van der Waals surface area contributed by atoms with Gasteiger partial charge in [0, 0.05) is 44.5 Å². The van der Waals surface area contributed by atoms with E-state index in [0.29, 0.717) is 16.8 Å². The van der Waals surface area contributed by atoms with Crippen LogP contribution in [-0.4, -0.2) is 32.7 Å². The molecular formula is C27H29F2N3O3S. The lowest BCUT2D eigenvalue weighted by Crippen LogP contribution is -2.31. The van der Waals surface area contributed by atoms with Gasteiger partial charge in [0.1, 0.15) is 11.6 Å². The van der Waals surface area contributed by atoms with E-state index < -0.39 is 21.7 Å². The Labute approximate surface area is 210 Å². The van der Waals surface area contributed by atoms with Crippen molar-refractivity contribution in [1.29, 1.82) is 0 Å². The Morgan fingerprint density at radius 1 is 0.917 bits per heavy atom. The summed E-state index contributed by atoms with van der Waals surface area (Å²) < 4.78 is 55.5. The van der Waals surface area contributed by atoms with E-state index in [1.54, 1.807) is 12.1 Å². The SMILES string of the molecule is CN(C)c1ccc(NC(=O)C2CCC2)cc1CN(Cc1ccc(F)cc1)S(=O)(=O)c1ccc(F)cc1. The summed E-state index contributed by atoms with van der Waals surface area (Å²) in [5, 5.41) is 2.95. The monoisotopic (exact) mass is 513 g/mol. The number of sulfonamides is 1. The molecule has 1 saturated carbocycles. The smallest absolute Gasteiger partial charge is 0.243 e. The number of nitrogens with one attached hydrogen (secondary N) is 1. The topological polar surface area (TPSA) is 69.7 Å². The van der Waals surface area contributed by atoms with Gasteiger partial charge in [0.05, 0.1) is 4.90 Å². The van der Waals surface area contributed by atoms with Crippen molar-refractivity contribution in [2.75, 3.05) is 24.3 Å². The van der Waals surface area contributed by atoms with Gasteiger partial charge in [0.15, 0.2) is 0 Å². The van der Waals surface area contributed by atoms with Crippen LogP contribution in [0.15, 0.2) is 71.6 Å². The van der Waals surface area contributed by atoms with Gasteiger partial charge in [-0.1, -0.05) is 18.6 Å². The molecule has 1 aliphatic carbocycles. The summed E-state index contributed by atoms with van der Waals surface area (Å²) >= 11 is 0. The van der Waals surface area contributed by atoms with E-state index in [-0.39, 0.29) is 29.8 Å². The molecule has 0 spiro atoms. The highest BCUT2D eigenvalue weighted by atomic mass is 32.2. The van der Waals surface area contributed by atoms with Gasteiger partial charge in [-0.15, -0.1) is 0 Å². The Balaban J connectivity index is 1.70. The van der Waals surface area contributed by atoms with Crippen LogP contribution in [0.1, 0.15) is 30.4 Å². The number of rotatable bonds is 9. The fourth-order valence-corrected chi connectivity index (χ4v) is 5.51. The van der Waals surface area contributed by atoms with Gasteiger partial charge in [-0.05, 0) is 78.6 Å². The van der Waals surface area contributed by atoms with Crippen LogP contribution in [-0.2, 0) is 27.9 Å². The maximum absolute atomic E-state index is 13.6. The summed E-state index contributed by atoms with van der Waals surface area (Å²) in [5.74, 6) is -0.983. The third-order valence-corrected chi connectivity index (χ3v) is 8.18. The molecule has 6 nitrogen and oxygen atoms in total. The van der Waals surface area contributed by atoms with Gasteiger partial charge in [0.25, 0.3) is 0 Å². The van der Waals surface area contributed by atoms with E-state index in [1.807, 2.05) is 25.1 Å². The van der Waals surface area contributed by atoms with E-state index in [4.69, 9.17) is 0 Å². The molecule has 0 aliphatic heterocycles. The molecule has 0 saturated heterocycles. The van der Waals surface area contributed by atoms with E-state index in [0.717, 1.165) is 37.1 Å². The Kier molecular flexibility index (Phi) is 7.70. The number of anilines is 2. The molecule has 1 amide bonds. The molecule has 1 aliphatic rings. The maximum Gasteiger partial charge on any atom is 0.243 e. The minimum absolute atomic E-state index is 0.0100. The second-order valence-electron chi connectivity index (χ2n) is 9.21. The summed E-state index contributed by atoms with van der Waals surface area (Å²) in [5.41, 5.74) is 2.66. The van der Waals surface area contributed by atoms with E-state index in [2.05, 4.69) is 5.32 Å². The zero-order valence-corrected chi connectivity index (χ0v) is 21.1.